The summed E-state index contributed by atoms with van der Waals surface area (Å²) in [5.74, 6) is -0.657. The maximum absolute atomic E-state index is 12.4. The molecular formula is C18H15F2N3O3. The maximum atomic E-state index is 12.4. The molecular weight excluding hydrogens is 344 g/mol. The first-order valence-electron chi connectivity index (χ1n) is 7.69. The number of nitrogens with one attached hydrogen (secondary N) is 2. The van der Waals surface area contributed by atoms with Crippen molar-refractivity contribution in [3.05, 3.63) is 65.9 Å². The Labute approximate surface area is 147 Å². The van der Waals surface area contributed by atoms with E-state index in [2.05, 4.69) is 20.3 Å². The van der Waals surface area contributed by atoms with E-state index in [1.54, 1.807) is 36.4 Å². The number of phenols is 1. The van der Waals surface area contributed by atoms with Crippen molar-refractivity contribution in [3.63, 3.8) is 0 Å². The van der Waals surface area contributed by atoms with Gasteiger partial charge in [-0.2, -0.15) is 13.9 Å². The third-order valence-electron chi connectivity index (χ3n) is 3.60. The molecule has 3 rings (SSSR count). The zero-order valence-corrected chi connectivity index (χ0v) is 13.4. The summed E-state index contributed by atoms with van der Waals surface area (Å²) in [6.07, 6.45) is 0. The number of alkyl halides is 2. The number of carbonyl (C=O) groups is 1. The van der Waals surface area contributed by atoms with Crippen molar-refractivity contribution < 1.29 is 23.4 Å². The molecule has 3 aromatic rings. The fraction of sp³-hybridized carbons (Fsp3) is 0.111. The Morgan fingerprint density at radius 2 is 1.92 bits per heavy atom. The number of amides is 1. The largest absolute Gasteiger partial charge is 0.507 e. The van der Waals surface area contributed by atoms with Crippen LogP contribution in [0.2, 0.25) is 0 Å². The van der Waals surface area contributed by atoms with Crippen LogP contribution < -0.4 is 10.1 Å². The van der Waals surface area contributed by atoms with E-state index >= 15 is 0 Å². The van der Waals surface area contributed by atoms with E-state index in [0.717, 1.165) is 0 Å². The number of carbonyl (C=O) groups excluding carboxylic acids is 1. The second-order valence-corrected chi connectivity index (χ2v) is 5.35. The van der Waals surface area contributed by atoms with Crippen LogP contribution in [-0.2, 0) is 6.54 Å². The summed E-state index contributed by atoms with van der Waals surface area (Å²) in [5.41, 5.74) is 1.69. The molecule has 0 atom stereocenters. The van der Waals surface area contributed by atoms with Crippen molar-refractivity contribution in [2.75, 3.05) is 0 Å². The number of para-hydroxylation sites is 2. The molecule has 0 aliphatic carbocycles. The van der Waals surface area contributed by atoms with Crippen molar-refractivity contribution in [1.29, 1.82) is 0 Å². The predicted octanol–water partition coefficient (Wildman–Crippen LogP) is 3.31. The molecule has 0 aliphatic heterocycles. The monoisotopic (exact) mass is 359 g/mol. The molecule has 0 saturated heterocycles. The topological polar surface area (TPSA) is 87.2 Å². The summed E-state index contributed by atoms with van der Waals surface area (Å²) < 4.78 is 29.2. The molecule has 0 fully saturated rings. The third kappa shape index (κ3) is 3.97. The number of halogens is 2. The molecule has 6 nitrogen and oxygen atoms in total. The molecule has 0 aliphatic rings. The smallest absolute Gasteiger partial charge is 0.387 e. The van der Waals surface area contributed by atoms with Gasteiger partial charge in [-0.15, -0.1) is 0 Å². The quantitative estimate of drug-likeness (QED) is 0.630. The highest BCUT2D eigenvalue weighted by Gasteiger charge is 2.15. The molecule has 26 heavy (non-hydrogen) atoms. The summed E-state index contributed by atoms with van der Waals surface area (Å²) in [6.45, 7) is -2.94. The Kier molecular flexibility index (Phi) is 5.12. The van der Waals surface area contributed by atoms with Gasteiger partial charge in [-0.25, -0.2) is 0 Å². The molecule has 0 unspecified atom stereocenters. The van der Waals surface area contributed by atoms with E-state index < -0.39 is 12.5 Å². The standard InChI is InChI=1S/C18H15F2N3O3/c19-18(20)26-16-8-4-2-6-13(16)17(25)21-10-11-9-14(23-22-11)12-5-1-3-7-15(12)24/h1-9,18,24H,10H2,(H,21,25)(H,22,23). The number of H-pyrrole nitrogens is 1. The minimum atomic E-state index is -3.02. The molecule has 0 saturated carbocycles. The van der Waals surface area contributed by atoms with Crippen LogP contribution in [0.4, 0.5) is 8.78 Å². The van der Waals surface area contributed by atoms with Gasteiger partial charge >= 0.3 is 6.61 Å². The molecule has 134 valence electrons. The minimum Gasteiger partial charge on any atom is -0.507 e. The first-order chi connectivity index (χ1) is 12.5. The fourth-order valence-electron chi connectivity index (χ4n) is 2.41. The molecule has 8 heteroatoms. The van der Waals surface area contributed by atoms with Gasteiger partial charge in [-0.05, 0) is 30.3 Å². The van der Waals surface area contributed by atoms with Crippen LogP contribution in [0.3, 0.4) is 0 Å². The summed E-state index contributed by atoms with van der Waals surface area (Å²) in [4.78, 5) is 12.2. The highest BCUT2D eigenvalue weighted by molar-refractivity contribution is 5.96. The SMILES string of the molecule is O=C(NCc1cc(-c2ccccc2O)[nH]n1)c1ccccc1OC(F)F. The van der Waals surface area contributed by atoms with Crippen LogP contribution in [0.15, 0.2) is 54.6 Å². The van der Waals surface area contributed by atoms with Crippen LogP contribution >= 0.6 is 0 Å². The summed E-state index contributed by atoms with van der Waals surface area (Å²) in [7, 11) is 0. The molecule has 3 N–H and O–H groups in total. The Balaban J connectivity index is 1.69. The second kappa shape index (κ2) is 7.64. The van der Waals surface area contributed by atoms with E-state index in [1.165, 1.54) is 18.2 Å². The highest BCUT2D eigenvalue weighted by Crippen LogP contribution is 2.27. The molecule has 0 bridgehead atoms. The Hall–Kier alpha value is -3.42. The van der Waals surface area contributed by atoms with Crippen molar-refractivity contribution in [2.24, 2.45) is 0 Å². The average Bonchev–Trinajstić information content (AvgIpc) is 3.09. The van der Waals surface area contributed by atoms with Gasteiger partial charge in [0.05, 0.1) is 23.5 Å². The fourth-order valence-corrected chi connectivity index (χ4v) is 2.41. The number of phenolic OH excluding ortho intramolecular Hbond substituents is 1. The number of rotatable bonds is 6. The van der Waals surface area contributed by atoms with Crippen molar-refractivity contribution in [2.45, 2.75) is 13.2 Å². The number of nitrogens with zero attached hydrogens (tertiary/aromatic N) is 1. The highest BCUT2D eigenvalue weighted by atomic mass is 19.3. The van der Waals surface area contributed by atoms with Crippen LogP contribution in [-0.4, -0.2) is 27.8 Å². The van der Waals surface area contributed by atoms with Crippen LogP contribution in [0.1, 0.15) is 16.1 Å². The number of hydrogen-bond acceptors (Lipinski definition) is 4. The normalized spacial score (nSPS) is 10.7. The van der Waals surface area contributed by atoms with Crippen molar-refractivity contribution in [3.8, 4) is 22.8 Å². The molecule has 0 spiro atoms. The van der Waals surface area contributed by atoms with Crippen molar-refractivity contribution in [1.82, 2.24) is 15.5 Å². The zero-order valence-electron chi connectivity index (χ0n) is 13.4. The molecule has 1 aromatic heterocycles. The van der Waals surface area contributed by atoms with E-state index in [4.69, 9.17) is 0 Å². The maximum Gasteiger partial charge on any atom is 0.387 e. The summed E-state index contributed by atoms with van der Waals surface area (Å²) in [6, 6.07) is 14.2. The Morgan fingerprint density at radius 1 is 1.19 bits per heavy atom. The number of aromatic amines is 1. The summed E-state index contributed by atoms with van der Waals surface area (Å²) in [5, 5.41) is 19.3. The average molecular weight is 359 g/mol. The number of benzene rings is 2. The third-order valence-corrected chi connectivity index (χ3v) is 3.60. The lowest BCUT2D eigenvalue weighted by atomic mass is 10.1. The van der Waals surface area contributed by atoms with Crippen LogP contribution in [0.25, 0.3) is 11.3 Å². The van der Waals surface area contributed by atoms with Gasteiger partial charge in [-0.3, -0.25) is 9.89 Å². The van der Waals surface area contributed by atoms with E-state index in [9.17, 15) is 18.7 Å². The summed E-state index contributed by atoms with van der Waals surface area (Å²) >= 11 is 0. The predicted molar refractivity (Wildman–Crippen MR) is 89.9 cm³/mol. The van der Waals surface area contributed by atoms with Gasteiger partial charge < -0.3 is 15.2 Å². The van der Waals surface area contributed by atoms with Crippen molar-refractivity contribution >= 4 is 5.91 Å². The van der Waals surface area contributed by atoms with Gasteiger partial charge in [-0.1, -0.05) is 24.3 Å². The van der Waals surface area contributed by atoms with E-state index in [-0.39, 0.29) is 23.6 Å². The minimum absolute atomic E-state index is 0.00395. The van der Waals surface area contributed by atoms with E-state index in [1.807, 2.05) is 0 Å². The van der Waals surface area contributed by atoms with Gasteiger partial charge in [0, 0.05) is 5.56 Å². The molecule has 0 radical (unpaired) electrons. The lowest BCUT2D eigenvalue weighted by Gasteiger charge is -2.10. The Bertz CT molecular complexity index is 912. The first kappa shape index (κ1) is 17.4. The van der Waals surface area contributed by atoms with Crippen LogP contribution in [0, 0.1) is 0 Å². The zero-order chi connectivity index (χ0) is 18.5. The van der Waals surface area contributed by atoms with Gasteiger partial charge in [0.15, 0.2) is 0 Å². The second-order valence-electron chi connectivity index (χ2n) is 5.35. The van der Waals surface area contributed by atoms with Crippen LogP contribution in [0.5, 0.6) is 11.5 Å². The van der Waals surface area contributed by atoms with Gasteiger partial charge in [0.1, 0.15) is 11.5 Å². The number of ether oxygens (including phenoxy) is 1. The first-order valence-corrected chi connectivity index (χ1v) is 7.69. The lowest BCUT2D eigenvalue weighted by molar-refractivity contribution is -0.0501. The van der Waals surface area contributed by atoms with Gasteiger partial charge in [0.2, 0.25) is 0 Å². The number of aromatic hydroxyl groups is 1. The number of hydrogen-bond donors (Lipinski definition) is 3. The Morgan fingerprint density at radius 3 is 2.69 bits per heavy atom. The lowest BCUT2D eigenvalue weighted by Crippen LogP contribution is -2.24. The molecule has 1 amide bonds. The molecule has 1 heterocycles. The van der Waals surface area contributed by atoms with E-state index in [0.29, 0.717) is 17.0 Å². The number of aromatic nitrogens is 2. The van der Waals surface area contributed by atoms with Gasteiger partial charge in [0.25, 0.3) is 5.91 Å². The molecule has 2 aromatic carbocycles.